The minimum atomic E-state index is -0.298. The highest BCUT2D eigenvalue weighted by atomic mass is 16.6. The summed E-state index contributed by atoms with van der Waals surface area (Å²) in [4.78, 5) is 35.2. The lowest BCUT2D eigenvalue weighted by molar-refractivity contribution is 0.0860. The standard InChI is InChI=1S/C28H32N8O3/c1-2-39-28(38)35-15-11-23(12-16-35)32-26(37)20-5-7-22(8-6-20)33-27-30-14-10-24(34-27)21-17-31-36(18-21)25(9-13-29)19-3-4-19/h5-8,10,14,17-19,23,25H,2-4,9,11-12,15-16H2,1H3,(H,32,37)(H,30,33,34). The van der Waals surface area contributed by atoms with Crippen LogP contribution in [0, 0.1) is 17.2 Å². The van der Waals surface area contributed by atoms with E-state index >= 15 is 0 Å². The minimum Gasteiger partial charge on any atom is -0.450 e. The van der Waals surface area contributed by atoms with E-state index in [4.69, 9.17) is 4.74 Å². The van der Waals surface area contributed by atoms with Crippen molar-refractivity contribution in [1.29, 1.82) is 5.26 Å². The molecule has 202 valence electrons. The lowest BCUT2D eigenvalue weighted by Crippen LogP contribution is -2.46. The number of amides is 2. The highest BCUT2D eigenvalue weighted by molar-refractivity contribution is 5.94. The average molecular weight is 529 g/mol. The lowest BCUT2D eigenvalue weighted by Gasteiger charge is -2.31. The Bertz CT molecular complexity index is 1340. The fourth-order valence-corrected chi connectivity index (χ4v) is 4.81. The van der Waals surface area contributed by atoms with Gasteiger partial charge in [0.05, 0.1) is 37.0 Å². The van der Waals surface area contributed by atoms with Gasteiger partial charge in [0.15, 0.2) is 0 Å². The number of rotatable bonds is 9. The molecule has 11 nitrogen and oxygen atoms in total. The van der Waals surface area contributed by atoms with E-state index in [9.17, 15) is 14.9 Å². The van der Waals surface area contributed by atoms with Gasteiger partial charge in [-0.15, -0.1) is 0 Å². The van der Waals surface area contributed by atoms with Crippen molar-refractivity contribution in [1.82, 2.24) is 30.0 Å². The molecule has 1 atom stereocenters. The van der Waals surface area contributed by atoms with Gasteiger partial charge in [0.2, 0.25) is 5.95 Å². The number of ether oxygens (including phenoxy) is 1. The molecule has 0 spiro atoms. The zero-order valence-corrected chi connectivity index (χ0v) is 21.9. The summed E-state index contributed by atoms with van der Waals surface area (Å²) in [6, 6.07) is 11.4. The van der Waals surface area contributed by atoms with Crippen molar-refractivity contribution < 1.29 is 14.3 Å². The van der Waals surface area contributed by atoms with E-state index in [1.807, 2.05) is 29.1 Å². The fourth-order valence-electron chi connectivity index (χ4n) is 4.81. The van der Waals surface area contributed by atoms with E-state index in [1.54, 1.807) is 36.4 Å². The Morgan fingerprint density at radius 1 is 1.15 bits per heavy atom. The number of likely N-dealkylation sites (tertiary alicyclic amines) is 1. The molecule has 1 unspecified atom stereocenters. The summed E-state index contributed by atoms with van der Waals surface area (Å²) >= 11 is 0. The van der Waals surface area contributed by atoms with Crippen LogP contribution in [0.15, 0.2) is 48.9 Å². The van der Waals surface area contributed by atoms with Crippen LogP contribution in [0.5, 0.6) is 0 Å². The second kappa shape index (κ2) is 11.9. The molecule has 0 bridgehead atoms. The maximum absolute atomic E-state index is 12.8. The fraction of sp³-hybridized carbons (Fsp3) is 0.429. The smallest absolute Gasteiger partial charge is 0.409 e. The van der Waals surface area contributed by atoms with Crippen LogP contribution < -0.4 is 10.6 Å². The molecule has 1 saturated heterocycles. The van der Waals surface area contributed by atoms with Gasteiger partial charge in [0.25, 0.3) is 5.91 Å². The Balaban J connectivity index is 1.16. The number of nitrogens with zero attached hydrogens (tertiary/aromatic N) is 6. The number of benzene rings is 1. The second-order valence-electron chi connectivity index (χ2n) is 9.88. The van der Waals surface area contributed by atoms with Crippen molar-refractivity contribution in [3.63, 3.8) is 0 Å². The molecule has 2 fully saturated rings. The number of piperidine rings is 1. The van der Waals surface area contributed by atoms with E-state index < -0.39 is 0 Å². The molecule has 2 aromatic heterocycles. The summed E-state index contributed by atoms with van der Waals surface area (Å²) in [7, 11) is 0. The minimum absolute atomic E-state index is 0.0147. The topological polar surface area (TPSA) is 138 Å². The van der Waals surface area contributed by atoms with Gasteiger partial charge in [0.1, 0.15) is 0 Å². The Labute approximate surface area is 227 Å². The molecular formula is C28H32N8O3. The van der Waals surface area contributed by atoms with Gasteiger partial charge in [-0.3, -0.25) is 9.48 Å². The Kier molecular flexibility index (Phi) is 8.01. The van der Waals surface area contributed by atoms with E-state index in [1.165, 1.54) is 0 Å². The molecule has 1 aromatic carbocycles. The Hall–Kier alpha value is -4.46. The summed E-state index contributed by atoms with van der Waals surface area (Å²) < 4.78 is 6.94. The normalized spacial score (nSPS) is 16.3. The Morgan fingerprint density at radius 3 is 2.62 bits per heavy atom. The summed E-state index contributed by atoms with van der Waals surface area (Å²) in [6.07, 6.45) is 9.21. The number of aromatic nitrogens is 4. The molecule has 11 heteroatoms. The summed E-state index contributed by atoms with van der Waals surface area (Å²) in [5, 5.41) is 19.9. The third kappa shape index (κ3) is 6.52. The molecule has 5 rings (SSSR count). The van der Waals surface area contributed by atoms with Crippen LogP contribution in [0.2, 0.25) is 0 Å². The number of carbonyl (C=O) groups excluding carboxylic acids is 2. The summed E-state index contributed by atoms with van der Waals surface area (Å²) in [5.41, 5.74) is 2.91. The van der Waals surface area contributed by atoms with Gasteiger partial charge in [-0.05, 0) is 68.9 Å². The van der Waals surface area contributed by atoms with Crippen LogP contribution in [-0.2, 0) is 4.74 Å². The maximum atomic E-state index is 12.8. The lowest BCUT2D eigenvalue weighted by atomic mass is 10.0. The van der Waals surface area contributed by atoms with Crippen molar-refractivity contribution in [2.24, 2.45) is 5.92 Å². The van der Waals surface area contributed by atoms with Gasteiger partial charge >= 0.3 is 6.09 Å². The van der Waals surface area contributed by atoms with Crippen LogP contribution in [0.25, 0.3) is 11.3 Å². The number of nitriles is 1. The molecule has 1 aliphatic heterocycles. The van der Waals surface area contributed by atoms with E-state index in [2.05, 4.69) is 31.8 Å². The zero-order chi connectivity index (χ0) is 27.2. The first-order valence-electron chi connectivity index (χ1n) is 13.4. The van der Waals surface area contributed by atoms with E-state index in [0.29, 0.717) is 56.4 Å². The predicted molar refractivity (Wildman–Crippen MR) is 144 cm³/mol. The predicted octanol–water partition coefficient (Wildman–Crippen LogP) is 4.30. The zero-order valence-electron chi connectivity index (χ0n) is 21.9. The van der Waals surface area contributed by atoms with Crippen molar-refractivity contribution in [2.75, 3.05) is 25.0 Å². The van der Waals surface area contributed by atoms with E-state index in [0.717, 1.165) is 29.8 Å². The van der Waals surface area contributed by atoms with Crippen molar-refractivity contribution >= 4 is 23.6 Å². The van der Waals surface area contributed by atoms with E-state index in [-0.39, 0.29) is 24.1 Å². The van der Waals surface area contributed by atoms with Crippen LogP contribution in [0.4, 0.5) is 16.4 Å². The molecule has 39 heavy (non-hydrogen) atoms. The number of hydrogen-bond acceptors (Lipinski definition) is 8. The quantitative estimate of drug-likeness (QED) is 0.419. The van der Waals surface area contributed by atoms with Crippen LogP contribution in [0.3, 0.4) is 0 Å². The second-order valence-corrected chi connectivity index (χ2v) is 9.88. The van der Waals surface area contributed by atoms with Gasteiger partial charge < -0.3 is 20.3 Å². The van der Waals surface area contributed by atoms with Gasteiger partial charge in [-0.25, -0.2) is 14.8 Å². The highest BCUT2D eigenvalue weighted by Gasteiger charge is 2.33. The molecular weight excluding hydrogens is 496 g/mol. The molecule has 0 radical (unpaired) electrons. The van der Waals surface area contributed by atoms with Crippen molar-refractivity contribution in [2.45, 2.75) is 51.1 Å². The van der Waals surface area contributed by atoms with Crippen molar-refractivity contribution in [3.05, 3.63) is 54.5 Å². The molecule has 3 aromatic rings. The summed E-state index contributed by atoms with van der Waals surface area (Å²) in [6.45, 7) is 3.27. The first-order valence-corrected chi connectivity index (χ1v) is 13.4. The Morgan fingerprint density at radius 2 is 1.92 bits per heavy atom. The SMILES string of the molecule is CCOC(=O)N1CCC(NC(=O)c2ccc(Nc3nccc(-c4cnn(C(CC#N)C5CC5)c4)n3)cc2)CC1. The van der Waals surface area contributed by atoms with Crippen LogP contribution in [-0.4, -0.2) is 62.4 Å². The number of hydrogen-bond donors (Lipinski definition) is 2. The highest BCUT2D eigenvalue weighted by Crippen LogP contribution is 2.41. The third-order valence-electron chi connectivity index (χ3n) is 7.12. The molecule has 1 saturated carbocycles. The van der Waals surface area contributed by atoms with Crippen LogP contribution >= 0.6 is 0 Å². The van der Waals surface area contributed by atoms with Crippen molar-refractivity contribution in [3.8, 4) is 17.3 Å². The molecule has 1 aliphatic carbocycles. The number of carbonyl (C=O) groups is 2. The number of anilines is 2. The van der Waals surface area contributed by atoms with Crippen LogP contribution in [0.1, 0.15) is 55.4 Å². The molecule has 3 heterocycles. The number of nitrogens with one attached hydrogen (secondary N) is 2. The summed E-state index contributed by atoms with van der Waals surface area (Å²) in [5.74, 6) is 0.809. The van der Waals surface area contributed by atoms with Gasteiger partial charge in [0, 0.05) is 48.3 Å². The first kappa shape index (κ1) is 26.2. The molecule has 2 amide bonds. The monoisotopic (exact) mass is 528 g/mol. The maximum Gasteiger partial charge on any atom is 0.409 e. The largest absolute Gasteiger partial charge is 0.450 e. The third-order valence-corrected chi connectivity index (χ3v) is 7.12. The van der Waals surface area contributed by atoms with Gasteiger partial charge in [-0.1, -0.05) is 0 Å². The first-order chi connectivity index (χ1) is 19.0. The molecule has 2 N–H and O–H groups in total. The average Bonchev–Trinajstić information content (AvgIpc) is 3.68. The molecule has 2 aliphatic rings. The van der Waals surface area contributed by atoms with Gasteiger partial charge in [-0.2, -0.15) is 10.4 Å².